The van der Waals surface area contributed by atoms with Gasteiger partial charge in [0.25, 0.3) is 0 Å². The van der Waals surface area contributed by atoms with E-state index in [2.05, 4.69) is 188 Å². The van der Waals surface area contributed by atoms with Crippen LogP contribution in [0.25, 0.3) is 119 Å². The predicted octanol–water partition coefficient (Wildman–Crippen LogP) is 15.8. The number of rotatable bonds is 5. The molecule has 0 N–H and O–H groups in total. The number of hydrogen-bond acceptors (Lipinski definition) is 3. The number of thiophene rings is 1. The monoisotopic (exact) mass is 766 g/mol. The van der Waals surface area contributed by atoms with Crippen molar-refractivity contribution in [2.24, 2.45) is 0 Å². The fourth-order valence-electron chi connectivity index (χ4n) is 9.07. The molecule has 0 radical (unpaired) electrons. The van der Waals surface area contributed by atoms with E-state index in [1.54, 1.807) is 0 Å². The van der Waals surface area contributed by atoms with Crippen LogP contribution in [-0.2, 0) is 0 Å². The second kappa shape index (κ2) is 13.6. The summed E-state index contributed by atoms with van der Waals surface area (Å²) in [4.78, 5) is 10.3. The van der Waals surface area contributed by atoms with Gasteiger partial charge in [0.1, 0.15) is 0 Å². The number of fused-ring (bicyclic) bond motifs is 8. The SMILES string of the molecule is c1ccc(-c2nc(-c3ccc4cc(-c5c6ccccc6c(-c6ccccc6)c6ccc7ccccc7c56)ccc4c3)cc(-c3ccc4c(c3)sc3ccccc34)n2)cc1. The van der Waals surface area contributed by atoms with Crippen molar-refractivity contribution >= 4 is 74.6 Å². The summed E-state index contributed by atoms with van der Waals surface area (Å²) in [6.45, 7) is 0. The van der Waals surface area contributed by atoms with Crippen molar-refractivity contribution in [3.8, 4) is 56.2 Å². The van der Waals surface area contributed by atoms with Gasteiger partial charge in [-0.25, -0.2) is 9.97 Å². The van der Waals surface area contributed by atoms with Crippen LogP contribution in [0.4, 0.5) is 0 Å². The maximum absolute atomic E-state index is 5.19. The molecule has 59 heavy (non-hydrogen) atoms. The van der Waals surface area contributed by atoms with Crippen LogP contribution >= 0.6 is 11.3 Å². The van der Waals surface area contributed by atoms with E-state index in [0.29, 0.717) is 0 Å². The molecule has 2 aromatic heterocycles. The third-order valence-corrected chi connectivity index (χ3v) is 13.0. The number of benzene rings is 10. The maximum Gasteiger partial charge on any atom is 0.160 e. The number of aromatic nitrogens is 2. The van der Waals surface area contributed by atoms with E-state index in [0.717, 1.165) is 33.9 Å². The van der Waals surface area contributed by atoms with Gasteiger partial charge in [-0.3, -0.25) is 0 Å². The first kappa shape index (κ1) is 33.7. The minimum absolute atomic E-state index is 0.718. The highest BCUT2D eigenvalue weighted by atomic mass is 32.1. The molecule has 2 nitrogen and oxygen atoms in total. The standard InChI is InChI=1S/C56H34N2S/c1-3-14-36(15-4-1)53-46-20-9-10-21-47(46)54(55-43-18-8-7-13-35(43)27-30-48(53)55)42-26-24-38-31-40(25-23-39(38)32-42)49-34-50(58-56(57-49)37-16-5-2-6-17-37)41-28-29-45-44-19-11-12-22-51(44)59-52(45)33-41/h1-34H. The highest BCUT2D eigenvalue weighted by molar-refractivity contribution is 7.25. The Hall–Kier alpha value is -7.46. The van der Waals surface area contributed by atoms with Crippen molar-refractivity contribution in [1.82, 2.24) is 9.97 Å². The van der Waals surface area contributed by atoms with E-state index in [1.165, 1.54) is 85.5 Å². The van der Waals surface area contributed by atoms with Crippen LogP contribution < -0.4 is 0 Å². The number of nitrogens with zero attached hydrogens (tertiary/aromatic N) is 2. The molecule has 0 spiro atoms. The topological polar surface area (TPSA) is 25.8 Å². The molecule has 274 valence electrons. The van der Waals surface area contributed by atoms with Crippen molar-refractivity contribution in [3.63, 3.8) is 0 Å². The molecule has 2 heterocycles. The van der Waals surface area contributed by atoms with Crippen LogP contribution in [-0.4, -0.2) is 9.97 Å². The summed E-state index contributed by atoms with van der Waals surface area (Å²) in [5.41, 5.74) is 9.92. The molecule has 0 fully saturated rings. The molecule has 0 aliphatic carbocycles. The summed E-state index contributed by atoms with van der Waals surface area (Å²) in [5, 5.41) is 12.5. The molecule has 3 heteroatoms. The summed E-state index contributed by atoms with van der Waals surface area (Å²) in [7, 11) is 0. The Kier molecular flexibility index (Phi) is 7.75. The van der Waals surface area contributed by atoms with E-state index in [4.69, 9.17) is 9.97 Å². The first-order valence-corrected chi connectivity index (χ1v) is 20.9. The van der Waals surface area contributed by atoms with Gasteiger partial charge in [-0.1, -0.05) is 176 Å². The average molecular weight is 767 g/mol. The van der Waals surface area contributed by atoms with E-state index < -0.39 is 0 Å². The summed E-state index contributed by atoms with van der Waals surface area (Å²) in [6.07, 6.45) is 0. The molecule has 12 rings (SSSR count). The van der Waals surface area contributed by atoms with Gasteiger partial charge in [-0.05, 0) is 95.7 Å². The molecule has 0 bridgehead atoms. The molecular formula is C56H34N2S. The van der Waals surface area contributed by atoms with E-state index in [-0.39, 0.29) is 0 Å². The van der Waals surface area contributed by atoms with Crippen molar-refractivity contribution in [1.29, 1.82) is 0 Å². The van der Waals surface area contributed by atoms with Crippen LogP contribution in [0, 0.1) is 0 Å². The van der Waals surface area contributed by atoms with Crippen molar-refractivity contribution in [3.05, 3.63) is 206 Å². The van der Waals surface area contributed by atoms with Gasteiger partial charge in [-0.15, -0.1) is 11.3 Å². The second-order valence-electron chi connectivity index (χ2n) is 15.3. The quantitative estimate of drug-likeness (QED) is 0.129. The summed E-state index contributed by atoms with van der Waals surface area (Å²) < 4.78 is 2.56. The van der Waals surface area contributed by atoms with Gasteiger partial charge < -0.3 is 0 Å². The normalized spacial score (nSPS) is 11.7. The lowest BCUT2D eigenvalue weighted by Crippen LogP contribution is -1.96. The second-order valence-corrected chi connectivity index (χ2v) is 16.4. The zero-order valence-electron chi connectivity index (χ0n) is 31.9. The zero-order valence-corrected chi connectivity index (χ0v) is 32.7. The Morgan fingerprint density at radius 3 is 1.58 bits per heavy atom. The fraction of sp³-hybridized carbons (Fsp3) is 0. The molecule has 0 saturated heterocycles. The predicted molar refractivity (Wildman–Crippen MR) is 252 cm³/mol. The summed E-state index contributed by atoms with van der Waals surface area (Å²) >= 11 is 1.83. The third-order valence-electron chi connectivity index (χ3n) is 11.8. The molecule has 0 aliphatic heterocycles. The van der Waals surface area contributed by atoms with E-state index in [9.17, 15) is 0 Å². The van der Waals surface area contributed by atoms with Crippen LogP contribution in [0.5, 0.6) is 0 Å². The average Bonchev–Trinajstić information content (AvgIpc) is 3.69. The van der Waals surface area contributed by atoms with Gasteiger partial charge >= 0.3 is 0 Å². The summed E-state index contributed by atoms with van der Waals surface area (Å²) in [6, 6.07) is 74.6. The Bertz CT molecular complexity index is 3610. The van der Waals surface area contributed by atoms with Crippen molar-refractivity contribution in [2.45, 2.75) is 0 Å². The first-order valence-electron chi connectivity index (χ1n) is 20.1. The maximum atomic E-state index is 5.19. The van der Waals surface area contributed by atoms with E-state index in [1.807, 2.05) is 29.5 Å². The highest BCUT2D eigenvalue weighted by Gasteiger charge is 2.19. The van der Waals surface area contributed by atoms with Gasteiger partial charge in [0.15, 0.2) is 5.82 Å². The highest BCUT2D eigenvalue weighted by Crippen LogP contribution is 2.47. The van der Waals surface area contributed by atoms with Gasteiger partial charge in [0, 0.05) is 36.9 Å². The molecule has 0 aliphatic rings. The van der Waals surface area contributed by atoms with Gasteiger partial charge in [0.2, 0.25) is 0 Å². The van der Waals surface area contributed by atoms with Crippen molar-refractivity contribution < 1.29 is 0 Å². The smallest absolute Gasteiger partial charge is 0.160 e. The Morgan fingerprint density at radius 1 is 0.288 bits per heavy atom. The third kappa shape index (κ3) is 5.62. The fourth-order valence-corrected chi connectivity index (χ4v) is 10.2. The van der Waals surface area contributed by atoms with E-state index >= 15 is 0 Å². The minimum atomic E-state index is 0.718. The van der Waals surface area contributed by atoms with Gasteiger partial charge in [-0.2, -0.15) is 0 Å². The summed E-state index contributed by atoms with van der Waals surface area (Å²) in [5.74, 6) is 0.718. The molecule has 0 unspecified atom stereocenters. The Labute approximate surface area is 345 Å². The van der Waals surface area contributed by atoms with Crippen LogP contribution in [0.2, 0.25) is 0 Å². The van der Waals surface area contributed by atoms with Crippen molar-refractivity contribution in [2.75, 3.05) is 0 Å². The molecular weight excluding hydrogens is 733 g/mol. The lowest BCUT2D eigenvalue weighted by molar-refractivity contribution is 1.18. The lowest BCUT2D eigenvalue weighted by Gasteiger charge is -2.19. The van der Waals surface area contributed by atoms with Crippen LogP contribution in [0.15, 0.2) is 206 Å². The van der Waals surface area contributed by atoms with Crippen LogP contribution in [0.1, 0.15) is 0 Å². The lowest BCUT2D eigenvalue weighted by atomic mass is 9.83. The molecule has 0 saturated carbocycles. The zero-order chi connectivity index (χ0) is 38.9. The Balaban J connectivity index is 1.03. The van der Waals surface area contributed by atoms with Crippen LogP contribution in [0.3, 0.4) is 0 Å². The number of hydrogen-bond donors (Lipinski definition) is 0. The molecule has 0 amide bonds. The first-order chi connectivity index (χ1) is 29.2. The Morgan fingerprint density at radius 2 is 0.814 bits per heavy atom. The van der Waals surface area contributed by atoms with Gasteiger partial charge in [0.05, 0.1) is 11.4 Å². The largest absolute Gasteiger partial charge is 0.228 e. The molecule has 12 aromatic rings. The molecule has 0 atom stereocenters. The molecule has 10 aromatic carbocycles. The minimum Gasteiger partial charge on any atom is -0.228 e.